The van der Waals surface area contributed by atoms with Crippen molar-refractivity contribution < 1.29 is 88.1 Å². The van der Waals surface area contributed by atoms with Crippen molar-refractivity contribution in [2.75, 3.05) is 92.3 Å². The molecule has 4 rings (SSSR count). The molecule has 2 heterocycles. The molecule has 2 aromatic carbocycles. The van der Waals surface area contributed by atoms with Gasteiger partial charge in [-0.25, -0.2) is 8.78 Å². The van der Waals surface area contributed by atoms with E-state index in [4.69, 9.17) is 20.7 Å². The summed E-state index contributed by atoms with van der Waals surface area (Å²) in [6.07, 6.45) is 10.4. The summed E-state index contributed by atoms with van der Waals surface area (Å²) in [6, 6.07) is 12.2. The van der Waals surface area contributed by atoms with Crippen LogP contribution in [-0.4, -0.2) is 190 Å². The van der Waals surface area contributed by atoms with Gasteiger partial charge in [0.05, 0.1) is 50.9 Å². The molecule has 8 N–H and O–H groups in total. The molecular formula is C62H98F3N9O16S. The number of esters is 1. The molecule has 0 aliphatic carbocycles. The summed E-state index contributed by atoms with van der Waals surface area (Å²) >= 11 is 0. The first kappa shape index (κ1) is 83.3. The number of nitrogens with zero attached hydrogens (tertiary/aromatic N) is 4. The average Bonchev–Trinajstić information content (AvgIpc) is 1.19. The Kier molecular flexibility index (Phi) is 44.1. The monoisotopic (exact) mass is 1310 g/mol. The van der Waals surface area contributed by atoms with E-state index in [1.807, 2.05) is 18.7 Å². The second-order valence-electron chi connectivity index (χ2n) is 21.2. The van der Waals surface area contributed by atoms with E-state index in [0.717, 1.165) is 76.0 Å². The number of primary amides is 1. The number of likely N-dealkylation sites (tertiary alicyclic amines) is 1. The summed E-state index contributed by atoms with van der Waals surface area (Å²) in [7, 11) is -3.64. The van der Waals surface area contributed by atoms with Gasteiger partial charge in [0, 0.05) is 69.7 Å². The van der Waals surface area contributed by atoms with E-state index in [9.17, 15) is 64.2 Å². The third-order valence-corrected chi connectivity index (χ3v) is 13.5. The predicted molar refractivity (Wildman–Crippen MR) is 338 cm³/mol. The van der Waals surface area contributed by atoms with Crippen LogP contribution in [0.1, 0.15) is 154 Å². The Hall–Kier alpha value is -7.66. The lowest BCUT2D eigenvalue weighted by molar-refractivity contribution is -0.140. The first-order valence-corrected chi connectivity index (χ1v) is 32.1. The lowest BCUT2D eigenvalue weighted by atomic mass is 10.1. The van der Waals surface area contributed by atoms with Gasteiger partial charge in [-0.3, -0.25) is 57.9 Å². The molecule has 1 atom stereocenters. The quantitative estimate of drug-likeness (QED) is 0.0182. The van der Waals surface area contributed by atoms with E-state index < -0.39 is 65.6 Å². The number of methoxy groups -OCH3 is 1. The number of ether oxygens (including phenoxy) is 2. The molecule has 3 aromatic rings. The fourth-order valence-electron chi connectivity index (χ4n) is 8.32. The number of carboxylic acids is 2. The molecule has 514 valence electrons. The molecular weight excluding hydrogens is 1220 g/mol. The number of rotatable bonds is 37. The molecule has 25 nitrogen and oxygen atoms in total. The third-order valence-electron chi connectivity index (χ3n) is 13.1. The van der Waals surface area contributed by atoms with Gasteiger partial charge in [0.1, 0.15) is 18.1 Å². The van der Waals surface area contributed by atoms with E-state index in [0.29, 0.717) is 73.5 Å². The van der Waals surface area contributed by atoms with Crippen LogP contribution >= 0.6 is 0 Å². The number of aliphatic carboxylic acids is 2. The maximum Gasteiger partial charge on any atom is 0.488 e. The van der Waals surface area contributed by atoms with Gasteiger partial charge in [-0.1, -0.05) is 83.7 Å². The number of unbranched alkanes of at least 4 members (excludes halogenated alkanes) is 2. The summed E-state index contributed by atoms with van der Waals surface area (Å²) in [5, 5.41) is 28.0. The molecule has 0 radical (unpaired) electrons. The summed E-state index contributed by atoms with van der Waals surface area (Å²) in [5.74, 6) is -5.94. The molecule has 0 saturated carbocycles. The van der Waals surface area contributed by atoms with Crippen LogP contribution in [0.25, 0.3) is 10.9 Å². The van der Waals surface area contributed by atoms with Crippen molar-refractivity contribution in [3.63, 3.8) is 0 Å². The molecule has 1 aliphatic rings. The number of pyridine rings is 1. The van der Waals surface area contributed by atoms with Gasteiger partial charge in [-0.05, 0) is 113 Å². The molecule has 29 heteroatoms. The van der Waals surface area contributed by atoms with Crippen molar-refractivity contribution in [3.05, 3.63) is 65.9 Å². The largest absolute Gasteiger partial charge is 0.492 e. The number of hydrogen-bond donors (Lipinski definition) is 7. The molecule has 91 heavy (non-hydrogen) atoms. The lowest BCUT2D eigenvalue weighted by Gasteiger charge is -2.21. The van der Waals surface area contributed by atoms with Crippen LogP contribution in [-0.2, 0) is 60.0 Å². The van der Waals surface area contributed by atoms with Crippen LogP contribution in [0.4, 0.5) is 12.7 Å². The predicted octanol–water partition coefficient (Wildman–Crippen LogP) is 6.60. The first-order valence-electron chi connectivity index (χ1n) is 30.8. The number of alkyl halides is 2. The number of aromatic nitrogens is 1. The van der Waals surface area contributed by atoms with Crippen molar-refractivity contribution >= 4 is 74.8 Å². The highest BCUT2D eigenvalue weighted by molar-refractivity contribution is 7.81. The van der Waals surface area contributed by atoms with Crippen LogP contribution in [0.3, 0.4) is 0 Å². The molecule has 1 unspecified atom stereocenters. The highest BCUT2D eigenvalue weighted by Gasteiger charge is 2.40. The van der Waals surface area contributed by atoms with Crippen LogP contribution in [0.15, 0.2) is 54.7 Å². The van der Waals surface area contributed by atoms with Crippen molar-refractivity contribution in [1.82, 2.24) is 41.0 Å². The Balaban J connectivity index is 0.00000157. The highest BCUT2D eigenvalue weighted by atomic mass is 32.3. The maximum atomic E-state index is 13.4. The summed E-state index contributed by atoms with van der Waals surface area (Å²) in [6.45, 7) is 18.0. The number of fused-ring (bicyclic) bond motifs is 1. The number of benzene rings is 2. The SMILES string of the molecule is CCC(=O)OC.CCC(C)CC(=O)O.CCCCCN(CCC)CC(=O)NCCNC(=O)CCCC(=O)NCCOc1ccc2nccc(C(=O)NCC(=O)N3CCC(F)(F)C3)c2c1.CCCN(CCC)CC(=O)O.NC(=O)CCc1cccc(OS(=O)(=O)F)c1. The lowest BCUT2D eigenvalue weighted by Crippen LogP contribution is -2.41. The van der Waals surface area contributed by atoms with E-state index >= 15 is 0 Å². The Bertz CT molecular complexity index is 2790. The highest BCUT2D eigenvalue weighted by Crippen LogP contribution is 2.27. The number of hydrogen-bond acceptors (Lipinski definition) is 17. The van der Waals surface area contributed by atoms with Gasteiger partial charge < -0.3 is 55.8 Å². The normalized spacial score (nSPS) is 12.4. The molecule has 1 saturated heterocycles. The Morgan fingerprint density at radius 1 is 0.736 bits per heavy atom. The van der Waals surface area contributed by atoms with Gasteiger partial charge in [0.2, 0.25) is 29.5 Å². The fraction of sp³-hybridized carbons (Fsp3) is 0.613. The smallest absolute Gasteiger partial charge is 0.488 e. The number of amides is 6. The molecule has 0 spiro atoms. The second-order valence-corrected chi connectivity index (χ2v) is 22.1. The van der Waals surface area contributed by atoms with E-state index in [-0.39, 0.29) is 80.5 Å². The molecule has 1 aromatic heterocycles. The van der Waals surface area contributed by atoms with Crippen molar-refractivity contribution in [2.45, 2.75) is 151 Å². The van der Waals surface area contributed by atoms with Gasteiger partial charge in [0.15, 0.2) is 0 Å². The topological polar surface area (TPSA) is 353 Å². The molecule has 6 amide bonds. The van der Waals surface area contributed by atoms with E-state index in [1.165, 1.54) is 37.6 Å². The van der Waals surface area contributed by atoms with Crippen LogP contribution < -0.4 is 35.9 Å². The Morgan fingerprint density at radius 2 is 1.35 bits per heavy atom. The minimum atomic E-state index is -5.02. The summed E-state index contributed by atoms with van der Waals surface area (Å²) in [4.78, 5) is 112. The van der Waals surface area contributed by atoms with E-state index in [2.05, 4.69) is 67.8 Å². The van der Waals surface area contributed by atoms with Crippen molar-refractivity contribution in [3.8, 4) is 11.5 Å². The Morgan fingerprint density at radius 3 is 1.86 bits per heavy atom. The summed E-state index contributed by atoms with van der Waals surface area (Å²) in [5.41, 5.74) is 6.36. The fourth-order valence-corrected chi connectivity index (χ4v) is 8.65. The average molecular weight is 1310 g/mol. The number of carbonyl (C=O) groups is 9. The van der Waals surface area contributed by atoms with E-state index in [1.54, 1.807) is 31.2 Å². The number of nitrogens with two attached hydrogens (primary N) is 1. The molecule has 1 fully saturated rings. The number of halogens is 3. The zero-order chi connectivity index (χ0) is 68.8. The first-order chi connectivity index (χ1) is 43.0. The van der Waals surface area contributed by atoms with Gasteiger partial charge >= 0.3 is 28.4 Å². The zero-order valence-corrected chi connectivity index (χ0v) is 54.9. The minimum Gasteiger partial charge on any atom is -0.492 e. The number of carbonyl (C=O) groups excluding carboxylic acids is 7. The van der Waals surface area contributed by atoms with Crippen LogP contribution in [0.2, 0.25) is 0 Å². The van der Waals surface area contributed by atoms with Gasteiger partial charge in [0.25, 0.3) is 11.8 Å². The van der Waals surface area contributed by atoms with Gasteiger partial charge in [-0.15, -0.1) is 0 Å². The summed E-state index contributed by atoms with van der Waals surface area (Å²) < 4.78 is 73.6. The molecule has 0 bridgehead atoms. The minimum absolute atomic E-state index is 0.0563. The standard InChI is InChI=1S/C35H51F2N7O6.C9H10FNO4S.C8H17NO2.C6H12O2.C4H8O2/c1-3-5-6-19-43(18-4-2)24-32(47)40-16-15-39-30(45)8-7-9-31(46)41-17-21-50-26-10-11-29-28(22-26)27(12-14-38-29)34(49)42-23-33(48)44-20-13-35(36,37)25-44;10-16(13,14)15-8-3-1-2-7(6-8)4-5-9(11)12;1-3-5-9(6-4-2)7-8(10)11;1-3-5(2)4-6(7)8;1-3-4(5)6-2/h10-12,14,22H,3-9,13,15-21,23-25H2,1-2H3,(H,39,45)(H,40,47)(H,41,46)(H,42,49);1-3,6H,4-5H2,(H2,11,12);3-7H2,1-2H3,(H,10,11);5H,3-4H2,1-2H3,(H,7,8);3H2,1-2H3. The zero-order valence-electron chi connectivity index (χ0n) is 54.1. The third kappa shape index (κ3) is 42.9. The maximum absolute atomic E-state index is 13.4. The van der Waals surface area contributed by atoms with Crippen molar-refractivity contribution in [1.29, 1.82) is 0 Å². The molecule has 1 aliphatic heterocycles. The van der Waals surface area contributed by atoms with Crippen LogP contribution in [0.5, 0.6) is 11.5 Å². The van der Waals surface area contributed by atoms with Crippen molar-refractivity contribution in [2.24, 2.45) is 11.7 Å². The second kappa shape index (κ2) is 48.2. The van der Waals surface area contributed by atoms with Gasteiger partial charge in [-0.2, -0.15) is 8.42 Å². The Labute approximate surface area is 533 Å². The number of carboxylic acid groups (broad SMARTS) is 2. The number of aryl methyl sites for hydroxylation is 1. The van der Waals surface area contributed by atoms with Crippen LogP contribution in [0, 0.1) is 5.92 Å². The number of nitrogens with one attached hydrogen (secondary N) is 4.